The van der Waals surface area contributed by atoms with Crippen LogP contribution in [0, 0.1) is 11.8 Å². The average Bonchev–Trinajstić information content (AvgIpc) is 2.44. The van der Waals surface area contributed by atoms with Crippen LogP contribution in [-0.4, -0.2) is 39.9 Å². The number of ether oxygens (including phenoxy) is 1. The van der Waals surface area contributed by atoms with Gasteiger partial charge in [0.15, 0.2) is 0 Å². The van der Waals surface area contributed by atoms with E-state index < -0.39 is 10.0 Å². The highest BCUT2D eigenvalue weighted by Gasteiger charge is 2.19. The Morgan fingerprint density at radius 1 is 1.45 bits per heavy atom. The van der Waals surface area contributed by atoms with Gasteiger partial charge in [0, 0.05) is 18.7 Å². The molecule has 5 nitrogen and oxygen atoms in total. The largest absolute Gasteiger partial charge is 0.384 e. The number of aliphatic hydroxyl groups is 1. The first kappa shape index (κ1) is 16.7. The zero-order valence-corrected chi connectivity index (χ0v) is 12.4. The Bertz CT molecular complexity index is 587. The molecule has 0 saturated carbocycles. The highest BCUT2D eigenvalue weighted by atomic mass is 32.2. The Hall–Kier alpha value is -1.39. The molecule has 0 heterocycles. The summed E-state index contributed by atoms with van der Waals surface area (Å²) in [5.74, 6) is 5.17. The summed E-state index contributed by atoms with van der Waals surface area (Å²) in [6.07, 6.45) is 0.636. The second kappa shape index (κ2) is 8.02. The molecule has 1 aromatic carbocycles. The monoisotopic (exact) mass is 297 g/mol. The predicted molar refractivity (Wildman–Crippen MR) is 76.7 cm³/mol. The van der Waals surface area contributed by atoms with Crippen LogP contribution in [0.3, 0.4) is 0 Å². The van der Waals surface area contributed by atoms with E-state index in [4.69, 9.17) is 9.84 Å². The lowest BCUT2D eigenvalue weighted by atomic mass is 10.2. The smallest absolute Gasteiger partial charge is 0.240 e. The first-order valence-electron chi connectivity index (χ1n) is 6.24. The van der Waals surface area contributed by atoms with Gasteiger partial charge in [0.1, 0.15) is 6.61 Å². The molecule has 20 heavy (non-hydrogen) atoms. The topological polar surface area (TPSA) is 75.6 Å². The number of hydrogen-bond acceptors (Lipinski definition) is 4. The maximum Gasteiger partial charge on any atom is 0.240 e. The molecule has 0 spiro atoms. The van der Waals surface area contributed by atoms with Crippen LogP contribution in [0.15, 0.2) is 29.2 Å². The van der Waals surface area contributed by atoms with Crippen molar-refractivity contribution in [2.75, 3.05) is 20.3 Å². The van der Waals surface area contributed by atoms with Crippen molar-refractivity contribution in [2.24, 2.45) is 0 Å². The van der Waals surface area contributed by atoms with Crippen molar-refractivity contribution in [3.63, 3.8) is 0 Å². The van der Waals surface area contributed by atoms with E-state index in [9.17, 15) is 8.42 Å². The summed E-state index contributed by atoms with van der Waals surface area (Å²) in [5.41, 5.74) is 0.543. The summed E-state index contributed by atoms with van der Waals surface area (Å²) in [6.45, 7) is 1.94. The van der Waals surface area contributed by atoms with Crippen LogP contribution < -0.4 is 4.72 Å². The molecule has 1 aromatic rings. The second-order valence-corrected chi connectivity index (χ2v) is 5.88. The molecule has 0 bridgehead atoms. The molecular formula is C14H19NO4S. The Kier molecular flexibility index (Phi) is 6.68. The first-order valence-corrected chi connectivity index (χ1v) is 7.73. The normalized spacial score (nSPS) is 12.6. The Morgan fingerprint density at radius 3 is 2.80 bits per heavy atom. The van der Waals surface area contributed by atoms with E-state index in [0.29, 0.717) is 18.6 Å². The molecular weight excluding hydrogens is 278 g/mol. The van der Waals surface area contributed by atoms with Gasteiger partial charge in [-0.3, -0.25) is 0 Å². The number of sulfonamides is 1. The van der Waals surface area contributed by atoms with Gasteiger partial charge in [0.2, 0.25) is 10.0 Å². The first-order chi connectivity index (χ1) is 9.53. The molecule has 0 aliphatic heterocycles. The fourth-order valence-electron chi connectivity index (χ4n) is 1.61. The number of hydrogen-bond donors (Lipinski definition) is 2. The van der Waals surface area contributed by atoms with Crippen LogP contribution in [-0.2, 0) is 14.8 Å². The van der Waals surface area contributed by atoms with Crippen molar-refractivity contribution < 1.29 is 18.3 Å². The number of aliphatic hydroxyl groups excluding tert-OH is 1. The highest BCUT2D eigenvalue weighted by molar-refractivity contribution is 7.89. The van der Waals surface area contributed by atoms with E-state index in [2.05, 4.69) is 16.6 Å². The SMILES string of the molecule is CCC(COC)NS(=O)(=O)c1cccc(C#CCO)c1. The van der Waals surface area contributed by atoms with Crippen LogP contribution in [0.2, 0.25) is 0 Å². The van der Waals surface area contributed by atoms with Crippen LogP contribution in [0.25, 0.3) is 0 Å². The quantitative estimate of drug-likeness (QED) is 0.759. The highest BCUT2D eigenvalue weighted by Crippen LogP contribution is 2.12. The van der Waals surface area contributed by atoms with Crippen molar-refractivity contribution in [1.82, 2.24) is 4.72 Å². The molecule has 6 heteroatoms. The molecule has 1 rings (SSSR count). The van der Waals surface area contributed by atoms with Gasteiger partial charge in [0.05, 0.1) is 11.5 Å². The van der Waals surface area contributed by atoms with Crippen molar-refractivity contribution in [1.29, 1.82) is 0 Å². The number of nitrogens with one attached hydrogen (secondary N) is 1. The van der Waals surface area contributed by atoms with Gasteiger partial charge in [-0.15, -0.1) is 0 Å². The Labute approximate surface area is 120 Å². The molecule has 0 radical (unpaired) electrons. The molecule has 1 unspecified atom stereocenters. The molecule has 0 aliphatic carbocycles. The Morgan fingerprint density at radius 2 is 2.20 bits per heavy atom. The lowest BCUT2D eigenvalue weighted by molar-refractivity contribution is 0.173. The average molecular weight is 297 g/mol. The van der Waals surface area contributed by atoms with Gasteiger partial charge in [0.25, 0.3) is 0 Å². The van der Waals surface area contributed by atoms with Crippen molar-refractivity contribution in [2.45, 2.75) is 24.3 Å². The number of rotatable bonds is 6. The van der Waals surface area contributed by atoms with Gasteiger partial charge >= 0.3 is 0 Å². The Balaban J connectivity index is 2.97. The third kappa shape index (κ3) is 4.94. The number of benzene rings is 1. The van der Waals surface area contributed by atoms with E-state index in [1.165, 1.54) is 19.2 Å². The van der Waals surface area contributed by atoms with E-state index in [-0.39, 0.29) is 17.5 Å². The molecule has 0 saturated heterocycles. The van der Waals surface area contributed by atoms with Crippen molar-refractivity contribution in [3.8, 4) is 11.8 Å². The van der Waals surface area contributed by atoms with E-state index in [1.54, 1.807) is 12.1 Å². The van der Waals surface area contributed by atoms with Crippen molar-refractivity contribution >= 4 is 10.0 Å². The minimum Gasteiger partial charge on any atom is -0.384 e. The zero-order chi connectivity index (χ0) is 15.0. The molecule has 0 fully saturated rings. The summed E-state index contributed by atoms with van der Waals surface area (Å²) < 4.78 is 32.0. The predicted octanol–water partition coefficient (Wildman–Crippen LogP) is 0.734. The molecule has 0 aliphatic rings. The van der Waals surface area contributed by atoms with E-state index >= 15 is 0 Å². The summed E-state index contributed by atoms with van der Waals surface area (Å²) in [4.78, 5) is 0.150. The molecule has 2 N–H and O–H groups in total. The van der Waals surface area contributed by atoms with Crippen LogP contribution in [0.1, 0.15) is 18.9 Å². The lowest BCUT2D eigenvalue weighted by Crippen LogP contribution is -2.37. The van der Waals surface area contributed by atoms with Gasteiger partial charge < -0.3 is 9.84 Å². The molecule has 110 valence electrons. The molecule has 0 amide bonds. The lowest BCUT2D eigenvalue weighted by Gasteiger charge is -2.16. The third-order valence-electron chi connectivity index (χ3n) is 2.64. The number of methoxy groups -OCH3 is 1. The zero-order valence-electron chi connectivity index (χ0n) is 11.6. The van der Waals surface area contributed by atoms with Crippen LogP contribution in [0.4, 0.5) is 0 Å². The third-order valence-corrected chi connectivity index (χ3v) is 4.16. The fourth-order valence-corrected chi connectivity index (χ4v) is 2.96. The van der Waals surface area contributed by atoms with Crippen LogP contribution >= 0.6 is 0 Å². The van der Waals surface area contributed by atoms with Crippen LogP contribution in [0.5, 0.6) is 0 Å². The van der Waals surface area contributed by atoms with E-state index in [0.717, 1.165) is 0 Å². The van der Waals surface area contributed by atoms with E-state index in [1.807, 2.05) is 6.92 Å². The maximum atomic E-state index is 12.2. The molecule has 0 aromatic heterocycles. The standard InChI is InChI=1S/C14H19NO4S/c1-3-13(11-19-2)15-20(17,18)14-8-4-6-12(10-14)7-5-9-16/h4,6,8,10,13,15-16H,3,9,11H2,1-2H3. The van der Waals surface area contributed by atoms with Gasteiger partial charge in [-0.25, -0.2) is 13.1 Å². The molecule has 1 atom stereocenters. The van der Waals surface area contributed by atoms with Gasteiger partial charge in [-0.1, -0.05) is 24.8 Å². The minimum atomic E-state index is -3.60. The fraction of sp³-hybridized carbons (Fsp3) is 0.429. The maximum absolute atomic E-state index is 12.2. The summed E-state index contributed by atoms with van der Waals surface area (Å²) in [6, 6.07) is 6.02. The van der Waals surface area contributed by atoms with Gasteiger partial charge in [-0.05, 0) is 24.6 Å². The summed E-state index contributed by atoms with van der Waals surface area (Å²) >= 11 is 0. The van der Waals surface area contributed by atoms with Crippen molar-refractivity contribution in [3.05, 3.63) is 29.8 Å². The summed E-state index contributed by atoms with van der Waals surface area (Å²) in [5, 5.41) is 8.65. The second-order valence-electron chi connectivity index (χ2n) is 4.17. The van der Waals surface area contributed by atoms with Gasteiger partial charge in [-0.2, -0.15) is 0 Å². The summed E-state index contributed by atoms with van der Waals surface area (Å²) in [7, 11) is -2.07. The minimum absolute atomic E-state index is 0.150.